The normalized spacial score (nSPS) is 24.1. The molecule has 0 aromatic heterocycles. The van der Waals surface area contributed by atoms with Crippen molar-refractivity contribution >= 4 is 11.5 Å². The van der Waals surface area contributed by atoms with Crippen LogP contribution in [0.1, 0.15) is 25.8 Å². The van der Waals surface area contributed by atoms with E-state index in [0.717, 1.165) is 0 Å². The summed E-state index contributed by atoms with van der Waals surface area (Å²) in [5.41, 5.74) is -0.614. The molecule has 1 atom stereocenters. The van der Waals surface area contributed by atoms with Crippen molar-refractivity contribution in [3.63, 3.8) is 0 Å². The highest BCUT2D eigenvalue weighted by Gasteiger charge is 2.43. The summed E-state index contributed by atoms with van der Waals surface area (Å²) in [6.07, 6.45) is 0.462. The molecular formula is C13H13FO3. The summed E-state index contributed by atoms with van der Waals surface area (Å²) in [5, 5.41) is 10.0. The number of benzene rings is 1. The Morgan fingerprint density at radius 2 is 2.18 bits per heavy atom. The van der Waals surface area contributed by atoms with Gasteiger partial charge < -0.3 is 9.84 Å². The largest absolute Gasteiger partial charge is 0.507 e. The van der Waals surface area contributed by atoms with Crippen LogP contribution in [0, 0.1) is 5.82 Å². The van der Waals surface area contributed by atoms with Crippen molar-refractivity contribution < 1.29 is 19.0 Å². The molecular weight excluding hydrogens is 223 g/mol. The number of ether oxygens (including phenoxy) is 1. The first-order valence-corrected chi connectivity index (χ1v) is 5.41. The van der Waals surface area contributed by atoms with E-state index >= 15 is 0 Å². The molecule has 3 nitrogen and oxygen atoms in total. The standard InChI is InChI=1S/C13H13FO3/c1-3-13(2)11(15)10(12(16)17-13)8-5-4-6-9(14)7-8/h4-7,15H,3H2,1-2H3. The van der Waals surface area contributed by atoms with E-state index in [0.29, 0.717) is 12.0 Å². The van der Waals surface area contributed by atoms with E-state index < -0.39 is 17.4 Å². The van der Waals surface area contributed by atoms with Crippen molar-refractivity contribution in [3.8, 4) is 0 Å². The molecule has 0 fully saturated rings. The number of carbonyl (C=O) groups is 1. The average Bonchev–Trinajstić information content (AvgIpc) is 2.50. The number of cyclic esters (lactones) is 1. The first kappa shape index (κ1) is 11.6. The molecule has 1 unspecified atom stereocenters. The molecule has 1 aromatic rings. The van der Waals surface area contributed by atoms with E-state index in [1.54, 1.807) is 19.9 Å². The fraction of sp³-hybridized carbons (Fsp3) is 0.308. The second-order valence-corrected chi connectivity index (χ2v) is 4.21. The molecule has 0 saturated carbocycles. The molecule has 1 aromatic carbocycles. The molecule has 0 bridgehead atoms. The van der Waals surface area contributed by atoms with Crippen LogP contribution in [0.2, 0.25) is 0 Å². The lowest BCUT2D eigenvalue weighted by atomic mass is 9.96. The van der Waals surface area contributed by atoms with Crippen molar-refractivity contribution in [2.45, 2.75) is 25.9 Å². The van der Waals surface area contributed by atoms with Gasteiger partial charge in [0.05, 0.1) is 0 Å². The Balaban J connectivity index is 2.55. The highest BCUT2D eigenvalue weighted by Crippen LogP contribution is 2.38. The third-order valence-electron chi connectivity index (χ3n) is 3.05. The molecule has 1 N–H and O–H groups in total. The van der Waals surface area contributed by atoms with Crippen LogP contribution in [-0.4, -0.2) is 16.7 Å². The van der Waals surface area contributed by atoms with Gasteiger partial charge in [0.2, 0.25) is 0 Å². The zero-order valence-electron chi connectivity index (χ0n) is 9.66. The van der Waals surface area contributed by atoms with E-state index in [2.05, 4.69) is 0 Å². The van der Waals surface area contributed by atoms with Crippen LogP contribution in [0.5, 0.6) is 0 Å². The number of esters is 1. The second kappa shape index (κ2) is 3.87. The molecule has 1 aliphatic rings. The van der Waals surface area contributed by atoms with Crippen LogP contribution in [0.25, 0.3) is 5.57 Å². The molecule has 17 heavy (non-hydrogen) atoms. The van der Waals surface area contributed by atoms with Gasteiger partial charge in [0.15, 0.2) is 11.4 Å². The van der Waals surface area contributed by atoms with E-state index in [1.807, 2.05) is 0 Å². The molecule has 0 spiro atoms. The van der Waals surface area contributed by atoms with Gasteiger partial charge in [-0.05, 0) is 31.0 Å². The Morgan fingerprint density at radius 1 is 1.47 bits per heavy atom. The summed E-state index contributed by atoms with van der Waals surface area (Å²) < 4.78 is 18.2. The van der Waals surface area contributed by atoms with Gasteiger partial charge in [0, 0.05) is 0 Å². The van der Waals surface area contributed by atoms with Crippen molar-refractivity contribution in [2.24, 2.45) is 0 Å². The summed E-state index contributed by atoms with van der Waals surface area (Å²) >= 11 is 0. The topological polar surface area (TPSA) is 46.5 Å². The molecule has 0 amide bonds. The first-order chi connectivity index (χ1) is 7.98. The Labute approximate surface area is 98.5 Å². The SMILES string of the molecule is CCC1(C)OC(=O)C(c2cccc(F)c2)=C1O. The molecule has 2 rings (SSSR count). The Hall–Kier alpha value is -1.84. The van der Waals surface area contributed by atoms with E-state index in [4.69, 9.17) is 4.74 Å². The third-order valence-corrected chi connectivity index (χ3v) is 3.05. The minimum Gasteiger partial charge on any atom is -0.507 e. The average molecular weight is 236 g/mol. The molecule has 4 heteroatoms. The van der Waals surface area contributed by atoms with Gasteiger partial charge >= 0.3 is 5.97 Å². The Morgan fingerprint density at radius 3 is 2.71 bits per heavy atom. The van der Waals surface area contributed by atoms with E-state index in [1.165, 1.54) is 18.2 Å². The minimum atomic E-state index is -1.00. The van der Waals surface area contributed by atoms with Crippen LogP contribution in [0.4, 0.5) is 4.39 Å². The zero-order chi connectivity index (χ0) is 12.6. The third kappa shape index (κ3) is 1.79. The van der Waals surface area contributed by atoms with Gasteiger partial charge in [0.25, 0.3) is 0 Å². The molecule has 0 radical (unpaired) electrons. The predicted molar refractivity (Wildman–Crippen MR) is 60.7 cm³/mol. The van der Waals surface area contributed by atoms with Crippen molar-refractivity contribution in [1.82, 2.24) is 0 Å². The zero-order valence-corrected chi connectivity index (χ0v) is 9.66. The number of hydrogen-bond acceptors (Lipinski definition) is 3. The van der Waals surface area contributed by atoms with E-state index in [-0.39, 0.29) is 11.3 Å². The number of rotatable bonds is 2. The summed E-state index contributed by atoms with van der Waals surface area (Å²) in [7, 11) is 0. The van der Waals surface area contributed by atoms with Crippen LogP contribution in [0.15, 0.2) is 30.0 Å². The van der Waals surface area contributed by atoms with Crippen LogP contribution >= 0.6 is 0 Å². The van der Waals surface area contributed by atoms with Crippen molar-refractivity contribution in [3.05, 3.63) is 41.4 Å². The highest BCUT2D eigenvalue weighted by atomic mass is 19.1. The van der Waals surface area contributed by atoms with Crippen LogP contribution < -0.4 is 0 Å². The molecule has 90 valence electrons. The Kier molecular flexibility index (Phi) is 2.65. The predicted octanol–water partition coefficient (Wildman–Crippen LogP) is 2.82. The maximum absolute atomic E-state index is 13.1. The van der Waals surface area contributed by atoms with Gasteiger partial charge in [-0.1, -0.05) is 19.1 Å². The number of hydrogen-bond donors (Lipinski definition) is 1. The van der Waals surface area contributed by atoms with Crippen LogP contribution in [0.3, 0.4) is 0 Å². The number of halogens is 1. The molecule has 1 heterocycles. The fourth-order valence-electron chi connectivity index (χ4n) is 1.80. The minimum absolute atomic E-state index is 0.0499. The smallest absolute Gasteiger partial charge is 0.343 e. The number of aliphatic hydroxyl groups is 1. The summed E-state index contributed by atoms with van der Waals surface area (Å²) in [6.45, 7) is 3.44. The second-order valence-electron chi connectivity index (χ2n) is 4.21. The fourth-order valence-corrected chi connectivity index (χ4v) is 1.80. The lowest BCUT2D eigenvalue weighted by Gasteiger charge is -2.20. The van der Waals surface area contributed by atoms with E-state index in [9.17, 15) is 14.3 Å². The van der Waals surface area contributed by atoms with Gasteiger partial charge in [-0.25, -0.2) is 9.18 Å². The van der Waals surface area contributed by atoms with Gasteiger partial charge in [-0.15, -0.1) is 0 Å². The maximum Gasteiger partial charge on any atom is 0.343 e. The molecule has 0 saturated heterocycles. The summed E-state index contributed by atoms with van der Waals surface area (Å²) in [6, 6.07) is 5.53. The van der Waals surface area contributed by atoms with Gasteiger partial charge in [0.1, 0.15) is 11.4 Å². The highest BCUT2D eigenvalue weighted by molar-refractivity contribution is 6.19. The monoisotopic (exact) mass is 236 g/mol. The van der Waals surface area contributed by atoms with Crippen molar-refractivity contribution in [1.29, 1.82) is 0 Å². The van der Waals surface area contributed by atoms with Crippen molar-refractivity contribution in [2.75, 3.05) is 0 Å². The Bertz CT molecular complexity index is 507. The van der Waals surface area contributed by atoms with Gasteiger partial charge in [-0.3, -0.25) is 0 Å². The number of aliphatic hydroxyl groups excluding tert-OH is 1. The molecule has 0 aliphatic carbocycles. The van der Waals surface area contributed by atoms with Gasteiger partial charge in [-0.2, -0.15) is 0 Å². The van der Waals surface area contributed by atoms with Crippen LogP contribution in [-0.2, 0) is 9.53 Å². The maximum atomic E-state index is 13.1. The quantitative estimate of drug-likeness (QED) is 0.803. The number of carbonyl (C=O) groups excluding carboxylic acids is 1. The summed E-state index contributed by atoms with van der Waals surface area (Å²) in [5.74, 6) is -1.20. The lowest BCUT2D eigenvalue weighted by molar-refractivity contribution is -0.145. The summed E-state index contributed by atoms with van der Waals surface area (Å²) in [4.78, 5) is 11.7. The molecule has 1 aliphatic heterocycles. The first-order valence-electron chi connectivity index (χ1n) is 5.41. The lowest BCUT2D eigenvalue weighted by Crippen LogP contribution is -2.26.